The molecule has 0 aliphatic rings. The van der Waals surface area contributed by atoms with E-state index in [1.165, 1.54) is 0 Å². The van der Waals surface area contributed by atoms with E-state index in [-0.39, 0.29) is 0 Å². The van der Waals surface area contributed by atoms with Crippen molar-refractivity contribution in [3.05, 3.63) is 0 Å². The molecule has 0 atom stereocenters. The summed E-state index contributed by atoms with van der Waals surface area (Å²) in [6.45, 7) is 11.0. The van der Waals surface area contributed by atoms with E-state index in [0.717, 1.165) is 13.1 Å². The molecule has 0 spiro atoms. The first-order valence-corrected chi connectivity index (χ1v) is 6.56. The maximum Gasteiger partial charge on any atom is 0.262 e. The van der Waals surface area contributed by atoms with Crippen molar-refractivity contribution in [2.45, 2.75) is 34.2 Å². The standard InChI is InChI=1S/C9H23NO3Si/c1-5-10(6-2)14-13-9(11-7-3)12-8-4/h9H,5-8,14H2,1-4H3. The van der Waals surface area contributed by atoms with Gasteiger partial charge in [-0.15, -0.1) is 0 Å². The van der Waals surface area contributed by atoms with E-state index in [9.17, 15) is 0 Å². The first-order valence-electron chi connectivity index (χ1n) is 5.35. The lowest BCUT2D eigenvalue weighted by molar-refractivity contribution is -0.245. The van der Waals surface area contributed by atoms with Gasteiger partial charge in [-0.25, -0.2) is 0 Å². The van der Waals surface area contributed by atoms with Gasteiger partial charge in [-0.05, 0) is 26.9 Å². The molecule has 0 amide bonds. The summed E-state index contributed by atoms with van der Waals surface area (Å²) in [4.78, 5) is 0. The second-order valence-corrected chi connectivity index (χ2v) is 4.28. The molecule has 5 heteroatoms. The van der Waals surface area contributed by atoms with Gasteiger partial charge in [-0.3, -0.25) is 0 Å². The Bertz CT molecular complexity index is 117. The Morgan fingerprint density at radius 2 is 1.50 bits per heavy atom. The van der Waals surface area contributed by atoms with E-state index in [1.54, 1.807) is 0 Å². The van der Waals surface area contributed by atoms with Gasteiger partial charge in [-0.1, -0.05) is 13.8 Å². The van der Waals surface area contributed by atoms with Crippen LogP contribution in [0.1, 0.15) is 27.7 Å². The minimum Gasteiger partial charge on any atom is -0.362 e. The molecule has 0 radical (unpaired) electrons. The lowest BCUT2D eigenvalue weighted by atomic mass is 10.7. The second kappa shape index (κ2) is 9.61. The fourth-order valence-electron chi connectivity index (χ4n) is 0.989. The van der Waals surface area contributed by atoms with Crippen molar-refractivity contribution >= 4 is 9.92 Å². The van der Waals surface area contributed by atoms with Crippen LogP contribution in [0.4, 0.5) is 0 Å². The minimum absolute atomic E-state index is 0.461. The van der Waals surface area contributed by atoms with Gasteiger partial charge in [0, 0.05) is 13.2 Å². The molecule has 0 saturated heterocycles. The minimum atomic E-state index is -0.679. The van der Waals surface area contributed by atoms with Crippen molar-refractivity contribution in [2.75, 3.05) is 26.3 Å². The summed E-state index contributed by atoms with van der Waals surface area (Å²) in [6, 6.07) is 0. The van der Waals surface area contributed by atoms with Crippen molar-refractivity contribution in [1.29, 1.82) is 0 Å². The predicted octanol–water partition coefficient (Wildman–Crippen LogP) is 0.700. The Morgan fingerprint density at radius 1 is 1.00 bits per heavy atom. The third-order valence-electron chi connectivity index (χ3n) is 1.89. The van der Waals surface area contributed by atoms with Crippen LogP contribution in [0.15, 0.2) is 0 Å². The zero-order valence-corrected chi connectivity index (χ0v) is 11.2. The van der Waals surface area contributed by atoms with Crippen LogP contribution in [0.3, 0.4) is 0 Å². The van der Waals surface area contributed by atoms with Gasteiger partial charge in [0.05, 0.1) is 0 Å². The number of hydrogen-bond donors (Lipinski definition) is 0. The number of rotatable bonds is 9. The van der Waals surface area contributed by atoms with Crippen LogP contribution >= 0.6 is 0 Å². The highest BCUT2D eigenvalue weighted by Gasteiger charge is 2.09. The molecule has 0 aliphatic carbocycles. The average molecular weight is 221 g/mol. The van der Waals surface area contributed by atoms with Gasteiger partial charge in [0.25, 0.3) is 6.48 Å². The molecular weight excluding hydrogens is 198 g/mol. The zero-order chi connectivity index (χ0) is 10.8. The molecule has 0 unspecified atom stereocenters. The third-order valence-corrected chi connectivity index (χ3v) is 3.57. The fraction of sp³-hybridized carbons (Fsp3) is 1.00. The molecule has 0 saturated carbocycles. The summed E-state index contributed by atoms with van der Waals surface area (Å²) in [5.74, 6) is 0. The highest BCUT2D eigenvalue weighted by molar-refractivity contribution is 6.23. The van der Waals surface area contributed by atoms with Crippen LogP contribution in [-0.2, 0) is 13.9 Å². The highest BCUT2D eigenvalue weighted by atomic mass is 28.2. The molecule has 0 rings (SSSR count). The predicted molar refractivity (Wildman–Crippen MR) is 59.6 cm³/mol. The smallest absolute Gasteiger partial charge is 0.262 e. The van der Waals surface area contributed by atoms with Crippen molar-refractivity contribution in [3.8, 4) is 0 Å². The van der Waals surface area contributed by atoms with Crippen LogP contribution in [0.5, 0.6) is 0 Å². The van der Waals surface area contributed by atoms with Gasteiger partial charge >= 0.3 is 0 Å². The second-order valence-electron chi connectivity index (χ2n) is 2.80. The molecular formula is C9H23NO3Si. The van der Waals surface area contributed by atoms with E-state index in [2.05, 4.69) is 18.4 Å². The maximum absolute atomic E-state index is 5.59. The Hall–Kier alpha value is 0.0569. The SMILES string of the molecule is CCOC(OCC)O[SiH2]N(CC)CC. The van der Waals surface area contributed by atoms with E-state index in [1.807, 2.05) is 13.8 Å². The quantitative estimate of drug-likeness (QED) is 0.424. The van der Waals surface area contributed by atoms with Gasteiger partial charge in [0.15, 0.2) is 0 Å². The Kier molecular flexibility index (Phi) is 9.64. The van der Waals surface area contributed by atoms with Crippen LogP contribution in [0.2, 0.25) is 0 Å². The van der Waals surface area contributed by atoms with Crippen molar-refractivity contribution in [2.24, 2.45) is 0 Å². The molecule has 0 fully saturated rings. The molecule has 0 bridgehead atoms. The van der Waals surface area contributed by atoms with Crippen LogP contribution in [0, 0.1) is 0 Å². The fourth-order valence-corrected chi connectivity index (χ4v) is 1.88. The number of hydrogen-bond acceptors (Lipinski definition) is 4. The summed E-state index contributed by atoms with van der Waals surface area (Å²) in [7, 11) is -0.679. The van der Waals surface area contributed by atoms with Crippen LogP contribution in [0.25, 0.3) is 0 Å². The van der Waals surface area contributed by atoms with Gasteiger partial charge in [0.2, 0.25) is 9.92 Å². The third kappa shape index (κ3) is 6.50. The summed E-state index contributed by atoms with van der Waals surface area (Å²) < 4.78 is 18.5. The lowest BCUT2D eigenvalue weighted by Gasteiger charge is -2.22. The molecule has 14 heavy (non-hydrogen) atoms. The van der Waals surface area contributed by atoms with Crippen LogP contribution < -0.4 is 0 Å². The Labute approximate surface area is 89.5 Å². The van der Waals surface area contributed by atoms with Gasteiger partial charge in [-0.2, -0.15) is 0 Å². The topological polar surface area (TPSA) is 30.9 Å². The first kappa shape index (κ1) is 14.1. The van der Waals surface area contributed by atoms with Crippen molar-refractivity contribution < 1.29 is 13.9 Å². The monoisotopic (exact) mass is 221 g/mol. The van der Waals surface area contributed by atoms with E-state index in [0.29, 0.717) is 13.2 Å². The zero-order valence-electron chi connectivity index (χ0n) is 9.78. The number of nitrogens with zero attached hydrogens (tertiary/aromatic N) is 1. The van der Waals surface area contributed by atoms with Crippen molar-refractivity contribution in [1.82, 2.24) is 4.57 Å². The summed E-state index contributed by atoms with van der Waals surface area (Å²) in [5, 5.41) is 0. The van der Waals surface area contributed by atoms with Gasteiger partial charge in [0.1, 0.15) is 0 Å². The highest BCUT2D eigenvalue weighted by Crippen LogP contribution is 1.97. The molecule has 0 N–H and O–H groups in total. The van der Waals surface area contributed by atoms with Crippen molar-refractivity contribution in [3.63, 3.8) is 0 Å². The molecule has 0 heterocycles. The molecule has 0 aromatic heterocycles. The Morgan fingerprint density at radius 3 is 1.86 bits per heavy atom. The molecule has 0 aromatic carbocycles. The van der Waals surface area contributed by atoms with Gasteiger partial charge < -0.3 is 18.5 Å². The summed E-state index contributed by atoms with van der Waals surface area (Å²) in [5.41, 5.74) is 0. The first-order chi connectivity index (χ1) is 6.78. The summed E-state index contributed by atoms with van der Waals surface area (Å²) in [6.07, 6.45) is 0. The largest absolute Gasteiger partial charge is 0.362 e. The normalized spacial score (nSPS) is 12.4. The van der Waals surface area contributed by atoms with E-state index in [4.69, 9.17) is 13.9 Å². The molecule has 4 nitrogen and oxygen atoms in total. The number of ether oxygens (including phenoxy) is 2. The van der Waals surface area contributed by atoms with E-state index >= 15 is 0 Å². The molecule has 86 valence electrons. The molecule has 0 aliphatic heterocycles. The maximum atomic E-state index is 5.59. The Balaban J connectivity index is 3.67. The molecule has 0 aromatic rings. The van der Waals surface area contributed by atoms with Crippen LogP contribution in [-0.4, -0.2) is 47.3 Å². The lowest BCUT2D eigenvalue weighted by Crippen LogP contribution is -2.34. The summed E-state index contributed by atoms with van der Waals surface area (Å²) >= 11 is 0. The van der Waals surface area contributed by atoms with E-state index < -0.39 is 16.4 Å². The average Bonchev–Trinajstić information content (AvgIpc) is 2.20.